The number of ether oxygens (including phenoxy) is 1. The molecule has 190 valence electrons. The van der Waals surface area contributed by atoms with E-state index >= 15 is 0 Å². The van der Waals surface area contributed by atoms with Crippen molar-refractivity contribution in [2.45, 2.75) is 79.0 Å². The maximum Gasteiger partial charge on any atom is 0.410 e. The van der Waals surface area contributed by atoms with E-state index in [1.54, 1.807) is 9.80 Å². The molecule has 35 heavy (non-hydrogen) atoms. The summed E-state index contributed by atoms with van der Waals surface area (Å²) in [4.78, 5) is 39.2. The number of rotatable bonds is 4. The van der Waals surface area contributed by atoms with Crippen LogP contribution in [-0.4, -0.2) is 50.5 Å². The zero-order valence-corrected chi connectivity index (χ0v) is 22.8. The third-order valence-electron chi connectivity index (χ3n) is 5.66. The first-order valence-corrected chi connectivity index (χ1v) is 12.4. The highest BCUT2D eigenvalue weighted by Crippen LogP contribution is 2.34. The Kier molecular flexibility index (Phi) is 7.80. The van der Waals surface area contributed by atoms with E-state index in [4.69, 9.17) is 16.3 Å². The number of aromatic nitrogens is 2. The van der Waals surface area contributed by atoms with E-state index in [9.17, 15) is 9.59 Å². The Hall–Kier alpha value is -2.67. The molecule has 2 heterocycles. The normalized spacial score (nSPS) is 16.2. The van der Waals surface area contributed by atoms with Gasteiger partial charge in [-0.05, 0) is 37.8 Å². The topological polar surface area (TPSA) is 75.6 Å². The van der Waals surface area contributed by atoms with Gasteiger partial charge >= 0.3 is 6.09 Å². The number of hydrogen-bond acceptors (Lipinski definition) is 5. The van der Waals surface area contributed by atoms with E-state index in [0.29, 0.717) is 25.5 Å². The van der Waals surface area contributed by atoms with Crippen LogP contribution in [0.5, 0.6) is 0 Å². The molecule has 1 aliphatic heterocycles. The van der Waals surface area contributed by atoms with Gasteiger partial charge in [0, 0.05) is 31.2 Å². The average molecular weight is 501 g/mol. The number of fused-ring (bicyclic) bond motifs is 1. The predicted molar refractivity (Wildman–Crippen MR) is 137 cm³/mol. The molecule has 1 unspecified atom stereocenters. The minimum absolute atomic E-state index is 0.136. The van der Waals surface area contributed by atoms with Crippen molar-refractivity contribution in [3.05, 3.63) is 58.1 Å². The maximum atomic E-state index is 13.9. The Morgan fingerprint density at radius 1 is 1.17 bits per heavy atom. The van der Waals surface area contributed by atoms with Crippen molar-refractivity contribution in [1.82, 2.24) is 19.8 Å². The highest BCUT2D eigenvalue weighted by molar-refractivity contribution is 6.32. The molecule has 0 bridgehead atoms. The first-order valence-electron chi connectivity index (χ1n) is 12.1. The smallest absolute Gasteiger partial charge is 0.410 e. The second-order valence-electron chi connectivity index (χ2n) is 11.6. The van der Waals surface area contributed by atoms with Crippen molar-refractivity contribution in [1.29, 1.82) is 0 Å². The lowest BCUT2D eigenvalue weighted by atomic mass is 9.93. The Morgan fingerprint density at radius 2 is 1.83 bits per heavy atom. The third-order valence-corrected chi connectivity index (χ3v) is 5.95. The summed E-state index contributed by atoms with van der Waals surface area (Å²) in [6, 6.07) is 7.56. The number of amides is 2. The highest BCUT2D eigenvalue weighted by atomic mass is 35.5. The van der Waals surface area contributed by atoms with E-state index in [0.717, 1.165) is 11.1 Å². The fourth-order valence-electron chi connectivity index (χ4n) is 4.08. The van der Waals surface area contributed by atoms with Gasteiger partial charge in [0.2, 0.25) is 0 Å². The van der Waals surface area contributed by atoms with E-state index in [1.807, 2.05) is 65.8 Å². The van der Waals surface area contributed by atoms with Crippen molar-refractivity contribution in [3.63, 3.8) is 0 Å². The van der Waals surface area contributed by atoms with Crippen LogP contribution < -0.4 is 0 Å². The summed E-state index contributed by atoms with van der Waals surface area (Å²) in [5, 5.41) is 0.136. The Morgan fingerprint density at radius 3 is 2.40 bits per heavy atom. The first-order chi connectivity index (χ1) is 16.2. The van der Waals surface area contributed by atoms with E-state index in [1.165, 1.54) is 6.20 Å². The fraction of sp³-hybridized carbons (Fsp3) is 0.556. The van der Waals surface area contributed by atoms with Gasteiger partial charge in [-0.1, -0.05) is 70.5 Å². The second-order valence-corrected chi connectivity index (χ2v) is 11.9. The summed E-state index contributed by atoms with van der Waals surface area (Å²) in [5.74, 6) is 0.514. The van der Waals surface area contributed by atoms with E-state index in [2.05, 4.69) is 23.8 Å². The average Bonchev–Trinajstić information content (AvgIpc) is 2.74. The van der Waals surface area contributed by atoms with Gasteiger partial charge in [-0.15, -0.1) is 0 Å². The Labute approximate surface area is 213 Å². The number of halogens is 1. The molecule has 0 radical (unpaired) electrons. The summed E-state index contributed by atoms with van der Waals surface area (Å²) < 4.78 is 5.65. The van der Waals surface area contributed by atoms with Crippen LogP contribution in [0, 0.1) is 5.92 Å². The fourth-order valence-corrected chi connectivity index (χ4v) is 4.29. The van der Waals surface area contributed by atoms with Gasteiger partial charge in [0.15, 0.2) is 0 Å². The maximum absolute atomic E-state index is 13.9. The summed E-state index contributed by atoms with van der Waals surface area (Å²) in [7, 11) is 0. The van der Waals surface area contributed by atoms with Gasteiger partial charge in [0.05, 0.1) is 11.6 Å². The summed E-state index contributed by atoms with van der Waals surface area (Å²) in [6.07, 6.45) is 1.12. The molecular weight excluding hydrogens is 464 g/mol. The molecule has 0 N–H and O–H groups in total. The molecule has 0 saturated carbocycles. The van der Waals surface area contributed by atoms with Crippen LogP contribution in [0.4, 0.5) is 4.79 Å². The van der Waals surface area contributed by atoms with Crippen molar-refractivity contribution < 1.29 is 14.3 Å². The summed E-state index contributed by atoms with van der Waals surface area (Å²) in [5.41, 5.74) is 1.36. The molecule has 1 atom stereocenters. The van der Waals surface area contributed by atoms with Crippen molar-refractivity contribution in [2.75, 3.05) is 13.1 Å². The predicted octanol–water partition coefficient (Wildman–Crippen LogP) is 6.02. The van der Waals surface area contributed by atoms with E-state index in [-0.39, 0.29) is 34.0 Å². The molecule has 0 spiro atoms. The van der Waals surface area contributed by atoms with Gasteiger partial charge in [0.1, 0.15) is 16.6 Å². The Bertz CT molecular complexity index is 1090. The third kappa shape index (κ3) is 6.51. The number of benzene rings is 1. The summed E-state index contributed by atoms with van der Waals surface area (Å²) >= 11 is 6.52. The number of carbonyl (C=O) groups is 2. The standard InChI is InChI=1S/C27H37ClN4O3/c1-17(2)14-32(23(33)20-13-29-24(26(3,4)5)30-22(20)28)21-16-31(25(34)35-27(6,7)8)15-18-11-9-10-12-19(18)21/h9-13,17,21H,14-16H2,1-8H3. The highest BCUT2D eigenvalue weighted by Gasteiger charge is 2.37. The molecule has 8 heteroatoms. The monoisotopic (exact) mass is 500 g/mol. The zero-order valence-electron chi connectivity index (χ0n) is 22.1. The molecule has 7 nitrogen and oxygen atoms in total. The minimum Gasteiger partial charge on any atom is -0.444 e. The van der Waals surface area contributed by atoms with Crippen LogP contribution >= 0.6 is 11.6 Å². The van der Waals surface area contributed by atoms with Crippen LogP contribution in [0.15, 0.2) is 30.5 Å². The molecule has 1 aromatic heterocycles. The molecule has 1 aromatic carbocycles. The molecule has 0 saturated heterocycles. The first kappa shape index (κ1) is 26.9. The van der Waals surface area contributed by atoms with Crippen LogP contribution in [0.25, 0.3) is 0 Å². The zero-order chi connectivity index (χ0) is 26.1. The quantitative estimate of drug-likeness (QED) is 0.480. The second kappa shape index (κ2) is 10.1. The van der Waals surface area contributed by atoms with Crippen molar-refractivity contribution in [3.8, 4) is 0 Å². The molecule has 2 amide bonds. The number of nitrogens with zero attached hydrogens (tertiary/aromatic N) is 4. The lowest BCUT2D eigenvalue weighted by molar-refractivity contribution is 0.0123. The SMILES string of the molecule is CC(C)CN(C(=O)c1cnc(C(C)(C)C)nc1Cl)C1CN(C(=O)OC(C)(C)C)Cc2ccccc21. The van der Waals surface area contributed by atoms with Gasteiger partial charge in [0.25, 0.3) is 5.91 Å². The molecule has 2 aromatic rings. The molecule has 0 fully saturated rings. The Balaban J connectivity index is 2.02. The lowest BCUT2D eigenvalue weighted by Gasteiger charge is -2.41. The van der Waals surface area contributed by atoms with E-state index < -0.39 is 11.7 Å². The molecular formula is C27H37ClN4O3. The molecule has 3 rings (SSSR count). The minimum atomic E-state index is -0.614. The largest absolute Gasteiger partial charge is 0.444 e. The van der Waals surface area contributed by atoms with Gasteiger partial charge in [-0.3, -0.25) is 4.79 Å². The van der Waals surface area contributed by atoms with Crippen LogP contribution in [0.3, 0.4) is 0 Å². The number of carbonyl (C=O) groups excluding carboxylic acids is 2. The van der Waals surface area contributed by atoms with Crippen LogP contribution in [-0.2, 0) is 16.7 Å². The van der Waals surface area contributed by atoms with Crippen molar-refractivity contribution >= 4 is 23.6 Å². The number of hydrogen-bond donors (Lipinski definition) is 0. The van der Waals surface area contributed by atoms with Crippen LogP contribution in [0.1, 0.15) is 88.7 Å². The van der Waals surface area contributed by atoms with Gasteiger partial charge in [-0.2, -0.15) is 0 Å². The lowest BCUT2D eigenvalue weighted by Crippen LogP contribution is -2.48. The van der Waals surface area contributed by atoms with Gasteiger partial charge in [-0.25, -0.2) is 14.8 Å². The molecule has 0 aliphatic carbocycles. The van der Waals surface area contributed by atoms with Crippen LogP contribution in [0.2, 0.25) is 5.15 Å². The summed E-state index contributed by atoms with van der Waals surface area (Å²) in [6.45, 7) is 16.9. The van der Waals surface area contributed by atoms with Gasteiger partial charge < -0.3 is 14.5 Å². The van der Waals surface area contributed by atoms with Crippen molar-refractivity contribution in [2.24, 2.45) is 5.92 Å². The molecule has 1 aliphatic rings.